The minimum atomic E-state index is -0.985. The molecule has 2 unspecified atom stereocenters. The molecule has 1 amide bonds. The van der Waals surface area contributed by atoms with Crippen molar-refractivity contribution in [2.75, 3.05) is 0 Å². The van der Waals surface area contributed by atoms with Gasteiger partial charge in [-0.2, -0.15) is 0 Å². The van der Waals surface area contributed by atoms with Gasteiger partial charge in [-0.15, -0.1) is 10.2 Å². The summed E-state index contributed by atoms with van der Waals surface area (Å²) in [6.45, 7) is 0. The lowest BCUT2D eigenvalue weighted by Gasteiger charge is -2.08. The highest BCUT2D eigenvalue weighted by atomic mass is 35.5. The Labute approximate surface area is 145 Å². The molecule has 9 heteroatoms. The summed E-state index contributed by atoms with van der Waals surface area (Å²) in [6.07, 6.45) is 1.39. The zero-order valence-corrected chi connectivity index (χ0v) is 13.4. The van der Waals surface area contributed by atoms with Crippen LogP contribution in [0.2, 0.25) is 5.15 Å². The Hall–Kier alpha value is -2.61. The van der Waals surface area contributed by atoms with Gasteiger partial charge in [0.15, 0.2) is 5.15 Å². The van der Waals surface area contributed by atoms with Crippen molar-refractivity contribution < 1.29 is 18.0 Å². The van der Waals surface area contributed by atoms with E-state index in [4.69, 9.17) is 23.1 Å². The number of primary amides is 1. The van der Waals surface area contributed by atoms with Crippen LogP contribution in [0.3, 0.4) is 0 Å². The van der Waals surface area contributed by atoms with E-state index in [1.807, 2.05) is 0 Å². The van der Waals surface area contributed by atoms with Crippen LogP contribution in [-0.4, -0.2) is 16.1 Å². The van der Waals surface area contributed by atoms with Gasteiger partial charge in [-0.1, -0.05) is 11.6 Å². The topological polar surface area (TPSA) is 94.9 Å². The molecular weight excluding hydrogens is 357 g/mol. The van der Waals surface area contributed by atoms with Crippen LogP contribution in [0.4, 0.5) is 13.2 Å². The summed E-state index contributed by atoms with van der Waals surface area (Å²) in [5, 5.41) is 7.54. The van der Waals surface area contributed by atoms with E-state index in [0.717, 1.165) is 6.20 Å². The summed E-state index contributed by atoms with van der Waals surface area (Å²) < 4.78 is 40.9. The molecule has 0 radical (unpaired) electrons. The molecule has 130 valence electrons. The highest BCUT2D eigenvalue weighted by molar-refractivity contribution is 6.30. The van der Waals surface area contributed by atoms with Gasteiger partial charge in [0.05, 0.1) is 5.57 Å². The molecule has 1 aliphatic rings. The minimum absolute atomic E-state index is 0.0417. The van der Waals surface area contributed by atoms with Crippen molar-refractivity contribution in [3.05, 3.63) is 63.8 Å². The third-order valence-corrected chi connectivity index (χ3v) is 4.38. The van der Waals surface area contributed by atoms with Crippen LogP contribution in [0.25, 0.3) is 5.57 Å². The molecule has 0 bridgehead atoms. The molecular formula is C16H12ClF3N4O. The Bertz CT molecular complexity index is 880. The van der Waals surface area contributed by atoms with Crippen LogP contribution in [0.5, 0.6) is 0 Å². The van der Waals surface area contributed by atoms with E-state index >= 15 is 0 Å². The number of benzene rings is 1. The number of halogens is 4. The second-order valence-corrected chi connectivity index (χ2v) is 6.01. The van der Waals surface area contributed by atoms with Crippen molar-refractivity contribution in [1.82, 2.24) is 10.2 Å². The standard InChI is InChI=1S/C16H12ClF3N4O/c17-15-9(4-13(23-24-15)10(5-21)16(22)25)7-3-8(7)14-11(19)1-6(18)2-12(14)20/h1-2,4-5,7-8H,3,21H2,(H2,22,25)/b10-5-. The molecule has 1 saturated carbocycles. The van der Waals surface area contributed by atoms with Crippen LogP contribution < -0.4 is 11.5 Å². The van der Waals surface area contributed by atoms with Crippen molar-refractivity contribution in [1.29, 1.82) is 0 Å². The zero-order valence-electron chi connectivity index (χ0n) is 12.6. The molecule has 5 nitrogen and oxygen atoms in total. The average molecular weight is 369 g/mol. The predicted octanol–water partition coefficient (Wildman–Crippen LogP) is 2.60. The van der Waals surface area contributed by atoms with Crippen molar-refractivity contribution in [2.24, 2.45) is 11.5 Å². The minimum Gasteiger partial charge on any atom is -0.404 e. The highest BCUT2D eigenvalue weighted by Crippen LogP contribution is 2.57. The Morgan fingerprint density at radius 2 is 1.80 bits per heavy atom. The summed E-state index contributed by atoms with van der Waals surface area (Å²) >= 11 is 6.03. The first-order valence-corrected chi connectivity index (χ1v) is 7.61. The van der Waals surface area contributed by atoms with Crippen LogP contribution >= 0.6 is 11.6 Å². The number of nitrogens with zero attached hydrogens (tertiary/aromatic N) is 2. The van der Waals surface area contributed by atoms with Crippen LogP contribution in [0, 0.1) is 17.5 Å². The smallest absolute Gasteiger partial charge is 0.252 e. The number of carbonyl (C=O) groups excluding carboxylic acids is 1. The first kappa shape index (κ1) is 17.2. The molecule has 1 aromatic heterocycles. The third kappa shape index (κ3) is 3.17. The average Bonchev–Trinajstić information content (AvgIpc) is 3.28. The molecule has 4 N–H and O–H groups in total. The van der Waals surface area contributed by atoms with Crippen LogP contribution in [0.15, 0.2) is 24.4 Å². The molecule has 2 atom stereocenters. The lowest BCUT2D eigenvalue weighted by atomic mass is 10.0. The number of hydrogen-bond donors (Lipinski definition) is 2. The maximum atomic E-state index is 13.9. The molecule has 0 spiro atoms. The molecule has 3 rings (SSSR count). The quantitative estimate of drug-likeness (QED) is 0.811. The van der Waals surface area contributed by atoms with Gasteiger partial charge in [0.2, 0.25) is 0 Å². The Morgan fingerprint density at radius 1 is 1.16 bits per heavy atom. The molecule has 1 heterocycles. The van der Waals surface area contributed by atoms with E-state index in [1.165, 1.54) is 6.07 Å². The van der Waals surface area contributed by atoms with Crippen molar-refractivity contribution in [2.45, 2.75) is 18.3 Å². The summed E-state index contributed by atoms with van der Waals surface area (Å²) in [7, 11) is 0. The maximum Gasteiger partial charge on any atom is 0.252 e. The fraction of sp³-hybridized carbons (Fsp3) is 0.188. The number of rotatable bonds is 4. The van der Waals surface area contributed by atoms with Gasteiger partial charge < -0.3 is 11.5 Å². The Balaban J connectivity index is 1.96. The van der Waals surface area contributed by atoms with E-state index in [1.54, 1.807) is 0 Å². The molecule has 0 saturated heterocycles. The van der Waals surface area contributed by atoms with E-state index in [9.17, 15) is 18.0 Å². The molecule has 0 aliphatic heterocycles. The van der Waals surface area contributed by atoms with Crippen molar-refractivity contribution in [3.8, 4) is 0 Å². The van der Waals surface area contributed by atoms with Crippen LogP contribution in [-0.2, 0) is 4.79 Å². The zero-order chi connectivity index (χ0) is 18.3. The molecule has 1 aliphatic carbocycles. The van der Waals surface area contributed by atoms with E-state index in [-0.39, 0.29) is 27.9 Å². The number of amides is 1. The first-order chi connectivity index (χ1) is 11.8. The van der Waals surface area contributed by atoms with E-state index in [2.05, 4.69) is 10.2 Å². The third-order valence-electron chi connectivity index (χ3n) is 4.09. The van der Waals surface area contributed by atoms with Gasteiger partial charge in [0.25, 0.3) is 5.91 Å². The molecule has 2 aromatic rings. The van der Waals surface area contributed by atoms with Crippen molar-refractivity contribution >= 4 is 23.1 Å². The second-order valence-electron chi connectivity index (χ2n) is 5.65. The second kappa shape index (κ2) is 6.36. The molecule has 1 aromatic carbocycles. The highest BCUT2D eigenvalue weighted by Gasteiger charge is 2.44. The fourth-order valence-electron chi connectivity index (χ4n) is 2.84. The van der Waals surface area contributed by atoms with Gasteiger partial charge in [0.1, 0.15) is 23.1 Å². The monoisotopic (exact) mass is 368 g/mol. The van der Waals surface area contributed by atoms with Gasteiger partial charge in [0, 0.05) is 23.9 Å². The van der Waals surface area contributed by atoms with E-state index in [0.29, 0.717) is 24.1 Å². The summed E-state index contributed by atoms with van der Waals surface area (Å²) in [5.74, 6) is -4.56. The van der Waals surface area contributed by atoms with Gasteiger partial charge in [-0.25, -0.2) is 13.2 Å². The number of hydrogen-bond acceptors (Lipinski definition) is 4. The normalized spacial score (nSPS) is 19.8. The lowest BCUT2D eigenvalue weighted by Crippen LogP contribution is -2.15. The molecule has 1 fully saturated rings. The largest absolute Gasteiger partial charge is 0.404 e. The van der Waals surface area contributed by atoms with Gasteiger partial charge in [-0.05, 0) is 29.9 Å². The first-order valence-electron chi connectivity index (χ1n) is 7.23. The SMILES string of the molecule is N/C=C(\C(N)=O)c1cc(C2CC2c2c(F)cc(F)cc2F)c(Cl)nn1. The Morgan fingerprint density at radius 3 is 2.36 bits per heavy atom. The number of aromatic nitrogens is 2. The maximum absolute atomic E-state index is 13.9. The van der Waals surface area contributed by atoms with E-state index < -0.39 is 29.3 Å². The summed E-state index contributed by atoms with van der Waals surface area (Å²) in [5.41, 5.74) is 10.9. The molecule has 25 heavy (non-hydrogen) atoms. The van der Waals surface area contributed by atoms with Crippen LogP contribution in [0.1, 0.15) is 35.1 Å². The van der Waals surface area contributed by atoms with Crippen molar-refractivity contribution in [3.63, 3.8) is 0 Å². The summed E-state index contributed by atoms with van der Waals surface area (Å²) in [6, 6.07) is 2.73. The summed E-state index contributed by atoms with van der Waals surface area (Å²) in [4.78, 5) is 11.4. The predicted molar refractivity (Wildman–Crippen MR) is 84.8 cm³/mol. The fourth-order valence-corrected chi connectivity index (χ4v) is 3.07. The Kier molecular flexibility index (Phi) is 4.38. The van der Waals surface area contributed by atoms with Gasteiger partial charge in [-0.3, -0.25) is 4.79 Å². The number of carbonyl (C=O) groups is 1. The van der Waals surface area contributed by atoms with Gasteiger partial charge >= 0.3 is 0 Å². The lowest BCUT2D eigenvalue weighted by molar-refractivity contribution is -0.112. The number of nitrogens with two attached hydrogens (primary N) is 2.